The average molecular weight is 439 g/mol. The maximum absolute atomic E-state index is 13.2. The number of ether oxygens (including phenoxy) is 1. The van der Waals surface area contributed by atoms with Crippen LogP contribution in [0, 0.1) is 17.2 Å². The van der Waals surface area contributed by atoms with Gasteiger partial charge >= 0.3 is 0 Å². The molecule has 2 saturated heterocycles. The highest BCUT2D eigenvalue weighted by Crippen LogP contribution is 2.44. The van der Waals surface area contributed by atoms with Crippen molar-refractivity contribution in [1.82, 2.24) is 14.7 Å². The minimum atomic E-state index is -0.834. The summed E-state index contributed by atoms with van der Waals surface area (Å²) < 4.78 is 18.5. The Kier molecular flexibility index (Phi) is 5.86. The standard InChI is InChI=1S/C24H26FN3O4/c1-26(2)23(31)24-15-27(21(29)14-32-20-10-8-19(25)9-11-20)12-18(24)13-28(16-24)22(30)17-6-4-3-5-7-17/h3-11,18H,12-16H2,1-2H3/t18-,24-/m1/s1. The Labute approximate surface area is 186 Å². The molecule has 0 N–H and O–H groups in total. The Bertz CT molecular complexity index is 1010. The van der Waals surface area contributed by atoms with Gasteiger partial charge in [-0.2, -0.15) is 0 Å². The van der Waals surface area contributed by atoms with Gasteiger partial charge in [0.05, 0.1) is 5.41 Å². The molecule has 0 spiro atoms. The first-order valence-electron chi connectivity index (χ1n) is 10.5. The van der Waals surface area contributed by atoms with Crippen molar-refractivity contribution in [3.8, 4) is 5.75 Å². The maximum Gasteiger partial charge on any atom is 0.260 e. The Morgan fingerprint density at radius 3 is 2.28 bits per heavy atom. The fourth-order valence-electron chi connectivity index (χ4n) is 4.69. The van der Waals surface area contributed by atoms with Gasteiger partial charge in [0, 0.05) is 51.8 Å². The van der Waals surface area contributed by atoms with Crippen molar-refractivity contribution in [3.05, 3.63) is 66.0 Å². The minimum absolute atomic E-state index is 0.0828. The number of fused-ring (bicyclic) bond motifs is 1. The molecule has 168 valence electrons. The number of carbonyl (C=O) groups excluding carboxylic acids is 3. The maximum atomic E-state index is 13.2. The number of likely N-dealkylation sites (tertiary alicyclic amines) is 2. The Morgan fingerprint density at radius 2 is 1.62 bits per heavy atom. The van der Waals surface area contributed by atoms with Gasteiger partial charge in [-0.25, -0.2) is 4.39 Å². The Balaban J connectivity index is 1.47. The van der Waals surface area contributed by atoms with Crippen molar-refractivity contribution in [2.24, 2.45) is 11.3 Å². The number of amides is 3. The number of nitrogens with zero attached hydrogens (tertiary/aromatic N) is 3. The van der Waals surface area contributed by atoms with Gasteiger partial charge < -0.3 is 19.4 Å². The summed E-state index contributed by atoms with van der Waals surface area (Å²) in [6.07, 6.45) is 0. The summed E-state index contributed by atoms with van der Waals surface area (Å²) in [7, 11) is 3.38. The van der Waals surface area contributed by atoms with E-state index in [1.165, 1.54) is 29.2 Å². The van der Waals surface area contributed by atoms with Crippen molar-refractivity contribution in [2.45, 2.75) is 0 Å². The zero-order chi connectivity index (χ0) is 22.9. The minimum Gasteiger partial charge on any atom is -0.484 e. The van der Waals surface area contributed by atoms with Crippen LogP contribution in [0.2, 0.25) is 0 Å². The monoisotopic (exact) mass is 439 g/mol. The van der Waals surface area contributed by atoms with Gasteiger partial charge in [0.1, 0.15) is 11.6 Å². The van der Waals surface area contributed by atoms with Gasteiger partial charge in [0.15, 0.2) is 6.61 Å². The molecule has 2 fully saturated rings. The second kappa shape index (κ2) is 8.61. The fraction of sp³-hybridized carbons (Fsp3) is 0.375. The molecule has 4 rings (SSSR count). The number of rotatable bonds is 5. The van der Waals surface area contributed by atoms with Crippen molar-refractivity contribution in [3.63, 3.8) is 0 Å². The van der Waals surface area contributed by atoms with E-state index in [1.807, 2.05) is 18.2 Å². The molecule has 32 heavy (non-hydrogen) atoms. The Morgan fingerprint density at radius 1 is 1.00 bits per heavy atom. The number of benzene rings is 2. The van der Waals surface area contributed by atoms with Crippen molar-refractivity contribution < 1.29 is 23.5 Å². The van der Waals surface area contributed by atoms with Crippen LogP contribution in [-0.4, -0.2) is 79.3 Å². The van der Waals surface area contributed by atoms with Gasteiger partial charge in [0.2, 0.25) is 5.91 Å². The molecular weight excluding hydrogens is 413 g/mol. The van der Waals surface area contributed by atoms with E-state index in [2.05, 4.69) is 0 Å². The third-order valence-corrected chi connectivity index (χ3v) is 6.28. The first kappa shape index (κ1) is 21.8. The molecule has 0 aromatic heterocycles. The van der Waals surface area contributed by atoms with E-state index >= 15 is 0 Å². The SMILES string of the molecule is CN(C)C(=O)[C@@]12CN(C(=O)COc3ccc(F)cc3)C[C@@H]1CN(C(=O)c1ccccc1)C2. The number of halogens is 1. The summed E-state index contributed by atoms with van der Waals surface area (Å²) in [6, 6.07) is 14.5. The van der Waals surface area contributed by atoms with Crippen molar-refractivity contribution >= 4 is 17.7 Å². The van der Waals surface area contributed by atoms with Crippen LogP contribution in [-0.2, 0) is 9.59 Å². The van der Waals surface area contributed by atoms with E-state index < -0.39 is 5.41 Å². The van der Waals surface area contributed by atoms with Crippen LogP contribution in [0.15, 0.2) is 54.6 Å². The van der Waals surface area contributed by atoms with Crippen LogP contribution in [0.5, 0.6) is 5.75 Å². The smallest absolute Gasteiger partial charge is 0.260 e. The predicted molar refractivity (Wildman–Crippen MR) is 115 cm³/mol. The number of hydrogen-bond acceptors (Lipinski definition) is 4. The van der Waals surface area contributed by atoms with E-state index in [0.29, 0.717) is 24.4 Å². The van der Waals surface area contributed by atoms with Crippen LogP contribution in [0.25, 0.3) is 0 Å². The van der Waals surface area contributed by atoms with Crippen molar-refractivity contribution in [2.75, 3.05) is 46.9 Å². The number of carbonyl (C=O) groups is 3. The second-order valence-corrected chi connectivity index (χ2v) is 8.62. The van der Waals surface area contributed by atoms with E-state index in [-0.39, 0.29) is 49.2 Å². The van der Waals surface area contributed by atoms with Crippen molar-refractivity contribution in [1.29, 1.82) is 0 Å². The van der Waals surface area contributed by atoms with Gasteiger partial charge in [-0.3, -0.25) is 14.4 Å². The van der Waals surface area contributed by atoms with Crippen LogP contribution in [0.1, 0.15) is 10.4 Å². The number of hydrogen-bond donors (Lipinski definition) is 0. The van der Waals surface area contributed by atoms with Gasteiger partial charge in [-0.05, 0) is 36.4 Å². The summed E-state index contributed by atoms with van der Waals surface area (Å²) in [4.78, 5) is 43.9. The van der Waals surface area contributed by atoms with E-state index in [9.17, 15) is 18.8 Å². The zero-order valence-electron chi connectivity index (χ0n) is 18.2. The molecule has 0 saturated carbocycles. The van der Waals surface area contributed by atoms with E-state index in [4.69, 9.17) is 4.74 Å². The molecule has 0 unspecified atom stereocenters. The summed E-state index contributed by atoms with van der Waals surface area (Å²) in [5, 5.41) is 0. The average Bonchev–Trinajstić information content (AvgIpc) is 3.33. The largest absolute Gasteiger partial charge is 0.484 e. The molecule has 0 aliphatic carbocycles. The topological polar surface area (TPSA) is 70.2 Å². The molecule has 2 aliphatic heterocycles. The highest BCUT2D eigenvalue weighted by Gasteiger charge is 2.59. The molecular formula is C24H26FN3O4. The Hall–Kier alpha value is -3.42. The first-order chi connectivity index (χ1) is 15.3. The molecule has 0 bridgehead atoms. The van der Waals surface area contributed by atoms with Gasteiger partial charge in [-0.15, -0.1) is 0 Å². The lowest BCUT2D eigenvalue weighted by Crippen LogP contribution is -2.48. The molecule has 2 atom stereocenters. The summed E-state index contributed by atoms with van der Waals surface area (Å²) >= 11 is 0. The molecule has 2 heterocycles. The quantitative estimate of drug-likeness (QED) is 0.714. The van der Waals surface area contributed by atoms with Crippen LogP contribution < -0.4 is 4.74 Å². The van der Waals surface area contributed by atoms with Gasteiger partial charge in [0.25, 0.3) is 11.8 Å². The molecule has 2 aliphatic rings. The summed E-state index contributed by atoms with van der Waals surface area (Å²) in [5.41, 5.74) is -0.250. The lowest BCUT2D eigenvalue weighted by atomic mass is 9.80. The molecule has 3 amide bonds. The molecule has 7 nitrogen and oxygen atoms in total. The predicted octanol–water partition coefficient (Wildman–Crippen LogP) is 1.89. The highest BCUT2D eigenvalue weighted by atomic mass is 19.1. The lowest BCUT2D eigenvalue weighted by molar-refractivity contribution is -0.140. The van der Waals surface area contributed by atoms with Crippen LogP contribution in [0.3, 0.4) is 0 Å². The van der Waals surface area contributed by atoms with Gasteiger partial charge in [-0.1, -0.05) is 18.2 Å². The zero-order valence-corrected chi connectivity index (χ0v) is 18.2. The second-order valence-electron chi connectivity index (χ2n) is 8.62. The van der Waals surface area contributed by atoms with Crippen LogP contribution in [0.4, 0.5) is 4.39 Å². The first-order valence-corrected chi connectivity index (χ1v) is 10.5. The molecule has 0 radical (unpaired) electrons. The molecule has 2 aromatic rings. The van der Waals surface area contributed by atoms with E-state index in [1.54, 1.807) is 36.0 Å². The third-order valence-electron chi connectivity index (χ3n) is 6.28. The van der Waals surface area contributed by atoms with Crippen LogP contribution >= 0.6 is 0 Å². The third kappa shape index (κ3) is 4.04. The summed E-state index contributed by atoms with van der Waals surface area (Å²) in [5.74, 6) is -0.563. The normalized spacial score (nSPS) is 21.9. The lowest BCUT2D eigenvalue weighted by Gasteiger charge is -2.30. The molecule has 2 aromatic carbocycles. The summed E-state index contributed by atoms with van der Waals surface area (Å²) in [6.45, 7) is 1.10. The fourth-order valence-corrected chi connectivity index (χ4v) is 4.69. The molecule has 8 heteroatoms. The van der Waals surface area contributed by atoms with E-state index in [0.717, 1.165) is 0 Å². The highest BCUT2D eigenvalue weighted by molar-refractivity contribution is 5.96.